The summed E-state index contributed by atoms with van der Waals surface area (Å²) in [6.07, 6.45) is -0.977. The summed E-state index contributed by atoms with van der Waals surface area (Å²) >= 11 is 12.2. The standard InChI is InChI=1S/C23H23Cl2FN4O3/c1-3-33-23(32)17-10-18(13-6-4-5-7-15(13)28-17)30-9-8-16(14(26)11-30)29-22(31)21-20(25)19(24)12(2)27-21/h4-7,10,14,16,27H,3,8-9,11H2,1-2H3,(H,29,31)/t14-,16+/m0/s1. The molecule has 1 aliphatic heterocycles. The summed E-state index contributed by atoms with van der Waals surface area (Å²) in [5.41, 5.74) is 2.18. The zero-order chi connectivity index (χ0) is 23.7. The van der Waals surface area contributed by atoms with Gasteiger partial charge in [0, 0.05) is 23.3 Å². The number of aryl methyl sites for hydroxylation is 1. The lowest BCUT2D eigenvalue weighted by Crippen LogP contribution is -2.52. The normalized spacial score (nSPS) is 18.4. The quantitative estimate of drug-likeness (QED) is 0.504. The maximum absolute atomic E-state index is 15.2. The molecule has 3 heterocycles. The van der Waals surface area contributed by atoms with E-state index in [9.17, 15) is 9.59 Å². The molecule has 33 heavy (non-hydrogen) atoms. The van der Waals surface area contributed by atoms with Gasteiger partial charge in [-0.05, 0) is 32.4 Å². The molecule has 0 unspecified atom stereocenters. The lowest BCUT2D eigenvalue weighted by molar-refractivity contribution is 0.0519. The zero-order valence-corrected chi connectivity index (χ0v) is 19.6. The van der Waals surface area contributed by atoms with E-state index in [1.807, 2.05) is 23.1 Å². The van der Waals surface area contributed by atoms with Gasteiger partial charge in [0.2, 0.25) is 0 Å². The average Bonchev–Trinajstić information content (AvgIpc) is 3.07. The Labute approximate surface area is 200 Å². The van der Waals surface area contributed by atoms with Crippen molar-refractivity contribution in [2.45, 2.75) is 32.5 Å². The summed E-state index contributed by atoms with van der Waals surface area (Å²) in [4.78, 5) is 34.0. The summed E-state index contributed by atoms with van der Waals surface area (Å²) in [7, 11) is 0. The molecule has 1 fully saturated rings. The Morgan fingerprint density at radius 2 is 2.06 bits per heavy atom. The van der Waals surface area contributed by atoms with Crippen molar-refractivity contribution < 1.29 is 18.7 Å². The number of rotatable bonds is 5. The number of benzene rings is 1. The number of aromatic amines is 1. The molecule has 1 saturated heterocycles. The molecule has 2 atom stereocenters. The summed E-state index contributed by atoms with van der Waals surface area (Å²) < 4.78 is 20.3. The number of aromatic nitrogens is 2. The fourth-order valence-electron chi connectivity index (χ4n) is 3.98. The van der Waals surface area contributed by atoms with Crippen molar-refractivity contribution in [3.63, 3.8) is 0 Å². The smallest absolute Gasteiger partial charge is 0.357 e. The highest BCUT2D eigenvalue weighted by atomic mass is 35.5. The third-order valence-corrected chi connectivity index (χ3v) is 6.61. The summed E-state index contributed by atoms with van der Waals surface area (Å²) in [6, 6.07) is 8.32. The van der Waals surface area contributed by atoms with E-state index in [2.05, 4.69) is 15.3 Å². The van der Waals surface area contributed by atoms with Crippen LogP contribution in [-0.4, -0.2) is 53.8 Å². The molecule has 0 spiro atoms. The van der Waals surface area contributed by atoms with E-state index in [0.717, 1.165) is 5.39 Å². The number of alkyl halides is 1. The van der Waals surface area contributed by atoms with Gasteiger partial charge in [-0.15, -0.1) is 0 Å². The predicted molar refractivity (Wildman–Crippen MR) is 126 cm³/mol. The molecule has 0 bridgehead atoms. The molecular weight excluding hydrogens is 470 g/mol. The van der Waals surface area contributed by atoms with Crippen molar-refractivity contribution in [2.24, 2.45) is 0 Å². The number of ether oxygens (including phenoxy) is 1. The van der Waals surface area contributed by atoms with E-state index in [-0.39, 0.29) is 34.6 Å². The van der Waals surface area contributed by atoms with Gasteiger partial charge in [0.05, 0.1) is 34.8 Å². The number of para-hydroxylation sites is 1. The first kappa shape index (κ1) is 23.3. The van der Waals surface area contributed by atoms with E-state index >= 15 is 4.39 Å². The van der Waals surface area contributed by atoms with Gasteiger partial charge in [0.25, 0.3) is 5.91 Å². The second kappa shape index (κ2) is 9.57. The van der Waals surface area contributed by atoms with Crippen LogP contribution in [0.1, 0.15) is 40.0 Å². The second-order valence-corrected chi connectivity index (χ2v) is 8.60. The highest BCUT2D eigenvalue weighted by molar-refractivity contribution is 6.44. The minimum atomic E-state index is -1.34. The maximum atomic E-state index is 15.2. The third kappa shape index (κ3) is 4.63. The van der Waals surface area contributed by atoms with Crippen molar-refractivity contribution in [1.82, 2.24) is 15.3 Å². The number of nitrogens with one attached hydrogen (secondary N) is 2. The molecule has 1 amide bonds. The van der Waals surface area contributed by atoms with Crippen molar-refractivity contribution in [3.05, 3.63) is 57.5 Å². The maximum Gasteiger partial charge on any atom is 0.357 e. The fraction of sp³-hybridized carbons (Fsp3) is 0.348. The molecule has 0 saturated carbocycles. The molecule has 7 nitrogen and oxygen atoms in total. The highest BCUT2D eigenvalue weighted by Crippen LogP contribution is 2.31. The lowest BCUT2D eigenvalue weighted by Gasteiger charge is -2.37. The number of fused-ring (bicyclic) bond motifs is 1. The number of piperidine rings is 1. The SMILES string of the molecule is CCOC(=O)c1cc(N2CC[C@@H](NC(=O)c3[nH]c(C)c(Cl)c3Cl)[C@@H](F)C2)c2ccccc2n1. The molecule has 10 heteroatoms. The monoisotopic (exact) mass is 492 g/mol. The Kier molecular flexibility index (Phi) is 6.76. The topological polar surface area (TPSA) is 87.3 Å². The number of esters is 1. The number of anilines is 1. The van der Waals surface area contributed by atoms with Crippen LogP contribution >= 0.6 is 23.2 Å². The summed E-state index contributed by atoms with van der Waals surface area (Å²) in [5.74, 6) is -1.03. The van der Waals surface area contributed by atoms with Crippen LogP contribution in [0, 0.1) is 6.92 Å². The molecule has 1 aromatic carbocycles. The van der Waals surface area contributed by atoms with Gasteiger partial charge in [-0.25, -0.2) is 14.2 Å². The zero-order valence-electron chi connectivity index (χ0n) is 18.1. The van der Waals surface area contributed by atoms with Gasteiger partial charge in [-0.2, -0.15) is 0 Å². The number of hydrogen-bond acceptors (Lipinski definition) is 5. The first-order valence-corrected chi connectivity index (χ1v) is 11.4. The minimum Gasteiger partial charge on any atom is -0.461 e. The van der Waals surface area contributed by atoms with Crippen LogP contribution in [0.3, 0.4) is 0 Å². The molecular formula is C23H23Cl2FN4O3. The van der Waals surface area contributed by atoms with Crippen LogP contribution < -0.4 is 10.2 Å². The van der Waals surface area contributed by atoms with Gasteiger partial charge < -0.3 is 19.9 Å². The molecule has 2 N–H and O–H groups in total. The highest BCUT2D eigenvalue weighted by Gasteiger charge is 2.33. The van der Waals surface area contributed by atoms with Crippen molar-refractivity contribution in [3.8, 4) is 0 Å². The second-order valence-electron chi connectivity index (χ2n) is 7.85. The third-order valence-electron chi connectivity index (χ3n) is 5.66. The number of amides is 1. The number of carbonyl (C=O) groups excluding carboxylic acids is 2. The van der Waals surface area contributed by atoms with Crippen LogP contribution in [0.2, 0.25) is 10.0 Å². The van der Waals surface area contributed by atoms with Crippen molar-refractivity contribution >= 4 is 51.7 Å². The van der Waals surface area contributed by atoms with E-state index in [1.165, 1.54) is 0 Å². The minimum absolute atomic E-state index is 0.0411. The van der Waals surface area contributed by atoms with Gasteiger partial charge in [-0.1, -0.05) is 41.4 Å². The Balaban J connectivity index is 1.54. The van der Waals surface area contributed by atoms with Crippen LogP contribution in [0.25, 0.3) is 10.9 Å². The number of nitrogens with zero attached hydrogens (tertiary/aromatic N) is 2. The van der Waals surface area contributed by atoms with Gasteiger partial charge in [0.15, 0.2) is 5.69 Å². The van der Waals surface area contributed by atoms with E-state index in [0.29, 0.717) is 29.9 Å². The molecule has 4 rings (SSSR count). The first-order valence-electron chi connectivity index (χ1n) is 10.6. The lowest BCUT2D eigenvalue weighted by atomic mass is 10.0. The molecule has 2 aromatic heterocycles. The van der Waals surface area contributed by atoms with Gasteiger partial charge in [-0.3, -0.25) is 4.79 Å². The molecule has 0 aliphatic carbocycles. The largest absolute Gasteiger partial charge is 0.461 e. The Hall–Kier alpha value is -2.84. The molecule has 3 aromatic rings. The predicted octanol–water partition coefficient (Wildman–Crippen LogP) is 4.70. The van der Waals surface area contributed by atoms with Crippen molar-refractivity contribution in [1.29, 1.82) is 0 Å². The Morgan fingerprint density at radius 3 is 2.73 bits per heavy atom. The summed E-state index contributed by atoms with van der Waals surface area (Å²) in [5, 5.41) is 3.92. The Morgan fingerprint density at radius 1 is 1.30 bits per heavy atom. The summed E-state index contributed by atoms with van der Waals surface area (Å²) in [6.45, 7) is 4.17. The fourth-order valence-corrected chi connectivity index (χ4v) is 4.40. The molecule has 0 radical (unpaired) electrons. The van der Waals surface area contributed by atoms with Crippen LogP contribution in [0.5, 0.6) is 0 Å². The number of pyridine rings is 1. The number of halogens is 3. The number of hydrogen-bond donors (Lipinski definition) is 2. The Bertz CT molecular complexity index is 1220. The van der Waals surface area contributed by atoms with E-state index in [1.54, 1.807) is 26.0 Å². The number of H-pyrrole nitrogens is 1. The van der Waals surface area contributed by atoms with E-state index < -0.39 is 24.1 Å². The van der Waals surface area contributed by atoms with E-state index in [4.69, 9.17) is 27.9 Å². The molecule has 1 aliphatic rings. The van der Waals surface area contributed by atoms with Crippen molar-refractivity contribution in [2.75, 3.05) is 24.6 Å². The van der Waals surface area contributed by atoms with Crippen LogP contribution in [0.15, 0.2) is 30.3 Å². The van der Waals surface area contributed by atoms with Crippen LogP contribution in [-0.2, 0) is 4.74 Å². The van der Waals surface area contributed by atoms with Crippen LogP contribution in [0.4, 0.5) is 10.1 Å². The first-order chi connectivity index (χ1) is 15.8. The molecule has 174 valence electrons. The van der Waals surface area contributed by atoms with Gasteiger partial charge in [0.1, 0.15) is 11.9 Å². The number of carbonyl (C=O) groups is 2. The van der Waals surface area contributed by atoms with Gasteiger partial charge >= 0.3 is 5.97 Å². The average molecular weight is 493 g/mol.